The zero-order valence-electron chi connectivity index (χ0n) is 16.9. The minimum absolute atomic E-state index is 0.0188. The Morgan fingerprint density at radius 1 is 1.32 bits per heavy atom. The summed E-state index contributed by atoms with van der Waals surface area (Å²) in [6.45, 7) is 3.12. The number of hydrogen-bond donors (Lipinski definition) is 1. The summed E-state index contributed by atoms with van der Waals surface area (Å²) in [5, 5.41) is 16.2. The highest BCUT2D eigenvalue weighted by Crippen LogP contribution is 2.35. The molecular weight excluding hydrogens is 416 g/mol. The first-order chi connectivity index (χ1) is 15.1. The van der Waals surface area contributed by atoms with E-state index in [9.17, 15) is 9.59 Å². The number of hydrogen-bond acceptors (Lipinski definition) is 8. The second-order valence-corrected chi connectivity index (χ2v) is 8.47. The molecule has 1 amide bonds. The molecule has 1 aliphatic heterocycles. The molecule has 1 aromatic carbocycles. The number of amides is 1. The average molecular weight is 436 g/mol. The predicted molar refractivity (Wildman–Crippen MR) is 115 cm³/mol. The monoisotopic (exact) mass is 436 g/mol. The van der Waals surface area contributed by atoms with Crippen molar-refractivity contribution in [1.29, 1.82) is 0 Å². The number of aryl methyl sites for hydroxylation is 1. The molecule has 3 aromatic heterocycles. The second kappa shape index (κ2) is 8.03. The van der Waals surface area contributed by atoms with Gasteiger partial charge in [0.2, 0.25) is 5.91 Å². The van der Waals surface area contributed by atoms with Gasteiger partial charge < -0.3 is 9.42 Å². The van der Waals surface area contributed by atoms with Crippen molar-refractivity contribution in [2.24, 2.45) is 0 Å². The van der Waals surface area contributed by atoms with Gasteiger partial charge in [0.15, 0.2) is 5.76 Å². The first-order valence-electron chi connectivity index (χ1n) is 10.1. The highest BCUT2D eigenvalue weighted by atomic mass is 32.1. The Labute approximate surface area is 181 Å². The van der Waals surface area contributed by atoms with Crippen molar-refractivity contribution in [3.05, 3.63) is 57.8 Å². The lowest BCUT2D eigenvalue weighted by atomic mass is 9.93. The number of benzene rings is 1. The zero-order valence-corrected chi connectivity index (χ0v) is 17.7. The largest absolute Gasteiger partial charge is 0.355 e. The summed E-state index contributed by atoms with van der Waals surface area (Å²) in [6.07, 6.45) is 1.94. The van der Waals surface area contributed by atoms with E-state index in [-0.39, 0.29) is 23.8 Å². The van der Waals surface area contributed by atoms with Crippen LogP contribution in [0.1, 0.15) is 35.8 Å². The normalized spacial score (nSPS) is 16.7. The molecule has 1 unspecified atom stereocenters. The number of nitrogens with zero attached hydrogens (tertiary/aromatic N) is 5. The number of nitrogens with one attached hydrogen (secondary N) is 1. The zero-order chi connectivity index (χ0) is 21.4. The van der Waals surface area contributed by atoms with Crippen LogP contribution in [0.4, 0.5) is 0 Å². The molecule has 1 N–H and O–H groups in total. The van der Waals surface area contributed by atoms with E-state index in [0.717, 1.165) is 29.1 Å². The number of H-pyrrole nitrogens is 1. The summed E-state index contributed by atoms with van der Waals surface area (Å²) in [5.41, 5.74) is 1.98. The average Bonchev–Trinajstić information content (AvgIpc) is 3.45. The summed E-state index contributed by atoms with van der Waals surface area (Å²) in [4.78, 5) is 27.8. The van der Waals surface area contributed by atoms with Crippen molar-refractivity contribution in [2.75, 3.05) is 13.1 Å². The number of piperidine rings is 1. The number of carbonyl (C=O) groups excluding carboxylic acids is 1. The maximum Gasteiger partial charge on any atom is 0.272 e. The summed E-state index contributed by atoms with van der Waals surface area (Å²) in [5.74, 6) is 0.724. The van der Waals surface area contributed by atoms with Gasteiger partial charge in [0.1, 0.15) is 4.88 Å². The van der Waals surface area contributed by atoms with Gasteiger partial charge in [-0.3, -0.25) is 9.59 Å². The van der Waals surface area contributed by atoms with Gasteiger partial charge in [-0.25, -0.2) is 5.10 Å². The second-order valence-electron chi connectivity index (χ2n) is 7.72. The first-order valence-corrected chi connectivity index (χ1v) is 10.9. The van der Waals surface area contributed by atoms with Gasteiger partial charge in [-0.05, 0) is 37.4 Å². The Hall–Kier alpha value is -3.40. The molecule has 0 bridgehead atoms. The van der Waals surface area contributed by atoms with Gasteiger partial charge in [0, 0.05) is 30.5 Å². The fourth-order valence-electron chi connectivity index (χ4n) is 4.09. The summed E-state index contributed by atoms with van der Waals surface area (Å²) < 4.78 is 9.53. The van der Waals surface area contributed by atoms with Crippen LogP contribution in [0.2, 0.25) is 0 Å². The van der Waals surface area contributed by atoms with E-state index < -0.39 is 0 Å². The molecule has 5 rings (SSSR count). The molecule has 31 heavy (non-hydrogen) atoms. The van der Waals surface area contributed by atoms with Crippen molar-refractivity contribution in [2.45, 2.75) is 32.1 Å². The maximum absolute atomic E-state index is 13.1. The number of aromatic amines is 1. The molecule has 4 heterocycles. The SMILES string of the molecule is Cc1cc(-c2snnc2C2CCCN(C(=O)Cc3n[nH]c(=O)c4ccccc34)C2)on1. The molecule has 0 radical (unpaired) electrons. The van der Waals surface area contributed by atoms with Crippen molar-refractivity contribution in [3.8, 4) is 10.6 Å². The molecule has 0 aliphatic carbocycles. The maximum atomic E-state index is 13.1. The van der Waals surface area contributed by atoms with E-state index in [0.29, 0.717) is 35.3 Å². The number of fused-ring (bicyclic) bond motifs is 1. The molecule has 1 aliphatic rings. The molecule has 10 heteroatoms. The van der Waals surface area contributed by atoms with Crippen LogP contribution in [0.25, 0.3) is 21.4 Å². The van der Waals surface area contributed by atoms with E-state index >= 15 is 0 Å². The van der Waals surface area contributed by atoms with Crippen LogP contribution in [0.5, 0.6) is 0 Å². The Kier molecular flexibility index (Phi) is 5.06. The lowest BCUT2D eigenvalue weighted by molar-refractivity contribution is -0.131. The Morgan fingerprint density at radius 2 is 2.16 bits per heavy atom. The third kappa shape index (κ3) is 3.74. The lowest BCUT2D eigenvalue weighted by Crippen LogP contribution is -2.40. The molecule has 1 fully saturated rings. The molecule has 1 saturated heterocycles. The van der Waals surface area contributed by atoms with Crippen molar-refractivity contribution >= 4 is 28.2 Å². The number of rotatable bonds is 4. The smallest absolute Gasteiger partial charge is 0.272 e. The Morgan fingerprint density at radius 3 is 2.97 bits per heavy atom. The third-order valence-corrected chi connectivity index (χ3v) is 6.38. The first kappa shape index (κ1) is 19.6. The van der Waals surface area contributed by atoms with Gasteiger partial charge in [-0.1, -0.05) is 27.8 Å². The van der Waals surface area contributed by atoms with Crippen molar-refractivity contribution < 1.29 is 9.32 Å². The van der Waals surface area contributed by atoms with E-state index in [4.69, 9.17) is 4.52 Å². The fraction of sp³-hybridized carbons (Fsp3) is 0.333. The van der Waals surface area contributed by atoms with Crippen LogP contribution >= 0.6 is 11.5 Å². The predicted octanol–water partition coefficient (Wildman–Crippen LogP) is 2.69. The van der Waals surface area contributed by atoms with Crippen molar-refractivity contribution in [1.82, 2.24) is 29.8 Å². The van der Waals surface area contributed by atoms with Gasteiger partial charge >= 0.3 is 0 Å². The quantitative estimate of drug-likeness (QED) is 0.522. The third-order valence-electron chi connectivity index (χ3n) is 5.62. The summed E-state index contributed by atoms with van der Waals surface area (Å²) >= 11 is 1.28. The lowest BCUT2D eigenvalue weighted by Gasteiger charge is -2.32. The molecule has 9 nitrogen and oxygen atoms in total. The molecule has 4 aromatic rings. The molecule has 0 saturated carbocycles. The highest BCUT2D eigenvalue weighted by molar-refractivity contribution is 7.09. The summed E-state index contributed by atoms with van der Waals surface area (Å²) in [6, 6.07) is 9.08. The number of likely N-dealkylation sites (tertiary alicyclic amines) is 1. The number of carbonyl (C=O) groups is 1. The van der Waals surface area contributed by atoms with E-state index in [2.05, 4.69) is 24.9 Å². The minimum atomic E-state index is -0.254. The van der Waals surface area contributed by atoms with Gasteiger partial charge in [-0.15, -0.1) is 5.10 Å². The van der Waals surface area contributed by atoms with E-state index in [1.165, 1.54) is 11.5 Å². The Bertz CT molecular complexity index is 1310. The molecular formula is C21H20N6O3S. The molecule has 0 spiro atoms. The molecule has 1 atom stereocenters. The van der Waals surface area contributed by atoms with Gasteiger partial charge in [0.05, 0.1) is 28.9 Å². The number of aromatic nitrogens is 5. The van der Waals surface area contributed by atoms with Crippen LogP contribution < -0.4 is 5.56 Å². The standard InChI is InChI=1S/C21H20N6O3S/c1-12-9-17(30-25-12)20-19(23-26-31-20)13-5-4-8-27(11-13)18(28)10-16-14-6-2-3-7-15(14)21(29)24-22-16/h2-3,6-7,9,13H,4-5,8,10-11H2,1H3,(H,24,29). The van der Waals surface area contributed by atoms with E-state index in [1.807, 2.05) is 30.0 Å². The highest BCUT2D eigenvalue weighted by Gasteiger charge is 2.30. The summed E-state index contributed by atoms with van der Waals surface area (Å²) in [7, 11) is 0. The van der Waals surface area contributed by atoms with Crippen LogP contribution in [0.15, 0.2) is 39.6 Å². The van der Waals surface area contributed by atoms with Crippen LogP contribution in [-0.2, 0) is 11.2 Å². The van der Waals surface area contributed by atoms with Crippen LogP contribution in [0, 0.1) is 6.92 Å². The van der Waals surface area contributed by atoms with Crippen LogP contribution in [0.3, 0.4) is 0 Å². The van der Waals surface area contributed by atoms with Gasteiger partial charge in [0.25, 0.3) is 5.56 Å². The molecule has 158 valence electrons. The van der Waals surface area contributed by atoms with E-state index in [1.54, 1.807) is 12.1 Å². The Balaban J connectivity index is 1.36. The van der Waals surface area contributed by atoms with Crippen LogP contribution in [-0.4, -0.2) is 48.8 Å². The minimum Gasteiger partial charge on any atom is -0.355 e. The van der Waals surface area contributed by atoms with Gasteiger partial charge in [-0.2, -0.15) is 5.10 Å². The topological polar surface area (TPSA) is 118 Å². The fourth-order valence-corrected chi connectivity index (χ4v) is 4.79. The van der Waals surface area contributed by atoms with Crippen molar-refractivity contribution in [3.63, 3.8) is 0 Å².